The number of hydrogen-bond acceptors (Lipinski definition) is 4. The minimum absolute atomic E-state index is 0.0433. The number of rotatable bonds is 3. The molecule has 0 fully saturated rings. The molecule has 18 heavy (non-hydrogen) atoms. The topological polar surface area (TPSA) is 93.8 Å². The van der Waals surface area contributed by atoms with Crippen LogP contribution in [0.1, 0.15) is 12.2 Å². The Morgan fingerprint density at radius 2 is 2.17 bits per heavy atom. The predicted molar refractivity (Wildman–Crippen MR) is 55.8 cm³/mol. The largest absolute Gasteiger partial charge is 0.348 e. The van der Waals surface area contributed by atoms with Crippen LogP contribution in [-0.2, 0) is 0 Å². The Labute approximate surface area is 97.8 Å². The molecule has 0 saturated carbocycles. The van der Waals surface area contributed by atoms with Gasteiger partial charge in [-0.1, -0.05) is 6.07 Å². The molecule has 0 saturated heterocycles. The highest BCUT2D eigenvalue weighted by Crippen LogP contribution is 2.20. The van der Waals surface area contributed by atoms with Crippen molar-refractivity contribution in [2.45, 2.75) is 6.43 Å². The van der Waals surface area contributed by atoms with Gasteiger partial charge in [-0.25, -0.2) is 23.2 Å². The van der Waals surface area contributed by atoms with Gasteiger partial charge in [-0.2, -0.15) is 5.10 Å². The second-order valence-electron chi connectivity index (χ2n) is 3.30. The van der Waals surface area contributed by atoms with E-state index in [1.807, 2.05) is 5.10 Å². The van der Waals surface area contributed by atoms with Crippen LogP contribution in [0, 0.1) is 10.1 Å². The SMILES string of the molecule is O=c1[nH]nc(C(F)F)n1-c1cccc([N+](=O)[O-])c1. The van der Waals surface area contributed by atoms with Crippen LogP contribution >= 0.6 is 0 Å². The molecule has 0 aliphatic heterocycles. The van der Waals surface area contributed by atoms with Crippen LogP contribution < -0.4 is 5.69 Å². The van der Waals surface area contributed by atoms with E-state index in [1.54, 1.807) is 0 Å². The van der Waals surface area contributed by atoms with Crippen LogP contribution in [-0.4, -0.2) is 19.7 Å². The molecule has 1 aromatic heterocycles. The van der Waals surface area contributed by atoms with E-state index in [4.69, 9.17) is 0 Å². The van der Waals surface area contributed by atoms with Gasteiger partial charge < -0.3 is 0 Å². The molecule has 1 heterocycles. The summed E-state index contributed by atoms with van der Waals surface area (Å²) in [7, 11) is 0. The lowest BCUT2D eigenvalue weighted by Crippen LogP contribution is -2.17. The lowest BCUT2D eigenvalue weighted by molar-refractivity contribution is -0.384. The summed E-state index contributed by atoms with van der Waals surface area (Å²) in [6.45, 7) is 0. The summed E-state index contributed by atoms with van der Waals surface area (Å²) in [5, 5.41) is 15.6. The fourth-order valence-corrected chi connectivity index (χ4v) is 1.45. The van der Waals surface area contributed by atoms with Gasteiger partial charge in [0.15, 0.2) is 0 Å². The van der Waals surface area contributed by atoms with Gasteiger partial charge >= 0.3 is 5.69 Å². The molecule has 94 valence electrons. The van der Waals surface area contributed by atoms with Crippen molar-refractivity contribution < 1.29 is 13.7 Å². The predicted octanol–water partition coefficient (Wildman–Crippen LogP) is 1.41. The molecule has 0 spiro atoms. The van der Waals surface area contributed by atoms with E-state index in [0.29, 0.717) is 4.57 Å². The Kier molecular flexibility index (Phi) is 2.88. The molecule has 1 N–H and O–H groups in total. The van der Waals surface area contributed by atoms with Crippen molar-refractivity contribution in [3.8, 4) is 5.69 Å². The molecule has 0 aliphatic rings. The van der Waals surface area contributed by atoms with Crippen molar-refractivity contribution in [3.63, 3.8) is 0 Å². The number of non-ortho nitro benzene ring substituents is 1. The number of hydrogen-bond donors (Lipinski definition) is 1. The van der Waals surface area contributed by atoms with Crippen LogP contribution in [0.5, 0.6) is 0 Å². The number of aromatic nitrogens is 3. The Hall–Kier alpha value is -2.58. The highest BCUT2D eigenvalue weighted by Gasteiger charge is 2.20. The molecule has 0 bridgehead atoms. The van der Waals surface area contributed by atoms with Crippen molar-refractivity contribution in [2.75, 3.05) is 0 Å². The molecule has 2 aromatic rings. The van der Waals surface area contributed by atoms with Gasteiger partial charge in [0.1, 0.15) is 0 Å². The molecule has 0 amide bonds. The number of nitro benzene ring substituents is 1. The molecule has 7 nitrogen and oxygen atoms in total. The maximum atomic E-state index is 12.6. The molecule has 2 rings (SSSR count). The van der Waals surface area contributed by atoms with Crippen molar-refractivity contribution in [3.05, 3.63) is 50.7 Å². The molecular formula is C9H6F2N4O3. The van der Waals surface area contributed by atoms with E-state index in [0.717, 1.165) is 6.07 Å². The summed E-state index contributed by atoms with van der Waals surface area (Å²) < 4.78 is 25.8. The second-order valence-corrected chi connectivity index (χ2v) is 3.30. The standard InChI is InChI=1S/C9H6F2N4O3/c10-7(11)8-12-13-9(16)14(8)5-2-1-3-6(4-5)15(17)18/h1-4,7H,(H,13,16). The monoisotopic (exact) mass is 256 g/mol. The Morgan fingerprint density at radius 3 is 2.78 bits per heavy atom. The highest BCUT2D eigenvalue weighted by molar-refractivity contribution is 5.43. The molecule has 0 atom stereocenters. The van der Waals surface area contributed by atoms with Gasteiger partial charge in [0.2, 0.25) is 5.82 Å². The number of nitro groups is 1. The smallest absolute Gasteiger partial charge is 0.258 e. The lowest BCUT2D eigenvalue weighted by Gasteiger charge is -2.04. The van der Waals surface area contributed by atoms with Gasteiger partial charge in [-0.05, 0) is 6.07 Å². The molecular weight excluding hydrogens is 250 g/mol. The number of nitrogens with zero attached hydrogens (tertiary/aromatic N) is 3. The van der Waals surface area contributed by atoms with E-state index in [1.165, 1.54) is 18.2 Å². The van der Waals surface area contributed by atoms with Gasteiger partial charge in [0.25, 0.3) is 12.1 Å². The fourth-order valence-electron chi connectivity index (χ4n) is 1.45. The Bertz CT molecular complexity index is 649. The van der Waals surface area contributed by atoms with Gasteiger partial charge in [0.05, 0.1) is 10.6 Å². The van der Waals surface area contributed by atoms with Gasteiger partial charge in [0, 0.05) is 12.1 Å². The minimum Gasteiger partial charge on any atom is -0.258 e. The molecule has 0 unspecified atom stereocenters. The van der Waals surface area contributed by atoms with Crippen LogP contribution in [0.3, 0.4) is 0 Å². The molecule has 1 aromatic carbocycles. The third-order valence-corrected chi connectivity index (χ3v) is 2.19. The van der Waals surface area contributed by atoms with Crippen LogP contribution in [0.4, 0.5) is 14.5 Å². The Morgan fingerprint density at radius 1 is 1.44 bits per heavy atom. The van der Waals surface area contributed by atoms with Gasteiger partial charge in [-0.3, -0.25) is 10.1 Å². The van der Waals surface area contributed by atoms with Gasteiger partial charge in [-0.15, -0.1) is 0 Å². The normalized spacial score (nSPS) is 10.8. The summed E-state index contributed by atoms with van der Waals surface area (Å²) in [5.41, 5.74) is -1.23. The number of aromatic amines is 1. The summed E-state index contributed by atoms with van der Waals surface area (Å²) in [6, 6.07) is 4.80. The van der Waals surface area contributed by atoms with Crippen molar-refractivity contribution >= 4 is 5.69 Å². The first-order valence-electron chi connectivity index (χ1n) is 4.71. The van der Waals surface area contributed by atoms with E-state index in [-0.39, 0.29) is 11.4 Å². The zero-order chi connectivity index (χ0) is 13.3. The van der Waals surface area contributed by atoms with E-state index >= 15 is 0 Å². The summed E-state index contributed by atoms with van der Waals surface area (Å²) in [5.74, 6) is -0.791. The first kappa shape index (κ1) is 11.9. The van der Waals surface area contributed by atoms with E-state index < -0.39 is 22.9 Å². The fraction of sp³-hybridized carbons (Fsp3) is 0.111. The molecule has 0 radical (unpaired) electrons. The van der Waals surface area contributed by atoms with E-state index in [9.17, 15) is 23.7 Å². The maximum Gasteiger partial charge on any atom is 0.348 e. The Balaban J connectivity index is 2.62. The third-order valence-electron chi connectivity index (χ3n) is 2.19. The lowest BCUT2D eigenvalue weighted by atomic mass is 10.3. The summed E-state index contributed by atoms with van der Waals surface area (Å²) in [6.07, 6.45) is -2.97. The van der Waals surface area contributed by atoms with Crippen molar-refractivity contribution in [1.82, 2.24) is 14.8 Å². The van der Waals surface area contributed by atoms with Crippen LogP contribution in [0.25, 0.3) is 5.69 Å². The molecule has 0 aliphatic carbocycles. The number of benzene rings is 1. The first-order chi connectivity index (χ1) is 8.50. The number of halogens is 2. The van der Waals surface area contributed by atoms with Crippen molar-refractivity contribution in [2.24, 2.45) is 0 Å². The van der Waals surface area contributed by atoms with Crippen LogP contribution in [0.2, 0.25) is 0 Å². The quantitative estimate of drug-likeness (QED) is 0.663. The zero-order valence-corrected chi connectivity index (χ0v) is 8.71. The zero-order valence-electron chi connectivity index (χ0n) is 8.71. The minimum atomic E-state index is -2.97. The number of H-pyrrole nitrogens is 1. The average Bonchev–Trinajstić information content (AvgIpc) is 2.71. The second kappa shape index (κ2) is 4.35. The van der Waals surface area contributed by atoms with E-state index in [2.05, 4.69) is 5.10 Å². The maximum absolute atomic E-state index is 12.6. The summed E-state index contributed by atoms with van der Waals surface area (Å²) >= 11 is 0. The third kappa shape index (κ3) is 1.97. The molecule has 9 heteroatoms. The van der Waals surface area contributed by atoms with Crippen molar-refractivity contribution in [1.29, 1.82) is 0 Å². The first-order valence-corrected chi connectivity index (χ1v) is 4.71. The average molecular weight is 256 g/mol. The number of nitrogens with one attached hydrogen (secondary N) is 1. The number of alkyl halides is 2. The highest BCUT2D eigenvalue weighted by atomic mass is 19.3. The summed E-state index contributed by atoms with van der Waals surface area (Å²) in [4.78, 5) is 21.3. The van der Waals surface area contributed by atoms with Crippen LogP contribution in [0.15, 0.2) is 29.1 Å².